The fourth-order valence-electron chi connectivity index (χ4n) is 1.66. The molecule has 0 aromatic heterocycles. The molecular weight excluding hydrogens is 202 g/mol. The van der Waals surface area contributed by atoms with Crippen LogP contribution in [0.1, 0.15) is 18.4 Å². The van der Waals surface area contributed by atoms with Crippen LogP contribution in [0.2, 0.25) is 0 Å². The van der Waals surface area contributed by atoms with Crippen LogP contribution in [0.3, 0.4) is 0 Å². The van der Waals surface area contributed by atoms with Crippen LogP contribution in [0.5, 0.6) is 0 Å². The van der Waals surface area contributed by atoms with Crippen LogP contribution in [-0.2, 0) is 6.54 Å². The smallest absolute Gasteiger partial charge is 0.0771 e. The van der Waals surface area contributed by atoms with E-state index in [4.69, 9.17) is 5.11 Å². The predicted octanol–water partition coefficient (Wildman–Crippen LogP) is 1.25. The summed E-state index contributed by atoms with van der Waals surface area (Å²) >= 11 is 0. The van der Waals surface area contributed by atoms with Gasteiger partial charge in [-0.2, -0.15) is 0 Å². The molecule has 0 aliphatic carbocycles. The number of hydrogen-bond donors (Lipinski definition) is 2. The molecule has 0 amide bonds. The Morgan fingerprint density at radius 2 is 1.94 bits per heavy atom. The zero-order chi connectivity index (χ0) is 11.8. The average molecular weight is 223 g/mol. The lowest BCUT2D eigenvalue weighted by molar-refractivity contribution is 0.0840. The maximum Gasteiger partial charge on any atom is 0.0771 e. The fraction of sp³-hybridized carbons (Fsp3) is 0.538. The molecule has 0 spiro atoms. The monoisotopic (exact) mass is 223 g/mol. The minimum atomic E-state index is -0.565. The van der Waals surface area contributed by atoms with E-state index in [2.05, 4.69) is 24.1 Å². The molecule has 1 aromatic carbocycles. The van der Waals surface area contributed by atoms with E-state index in [0.29, 0.717) is 6.42 Å². The van der Waals surface area contributed by atoms with Gasteiger partial charge in [-0.05, 0) is 32.0 Å². The van der Waals surface area contributed by atoms with E-state index in [0.717, 1.165) is 19.5 Å². The largest absolute Gasteiger partial charge is 0.394 e. The number of benzene rings is 1. The first kappa shape index (κ1) is 13.2. The van der Waals surface area contributed by atoms with Crippen molar-refractivity contribution in [3.63, 3.8) is 0 Å². The van der Waals surface area contributed by atoms with Crippen molar-refractivity contribution in [2.75, 3.05) is 20.2 Å². The first-order valence-electron chi connectivity index (χ1n) is 5.73. The molecule has 0 radical (unpaired) electrons. The van der Waals surface area contributed by atoms with Crippen LogP contribution in [-0.4, -0.2) is 41.4 Å². The van der Waals surface area contributed by atoms with Gasteiger partial charge in [0, 0.05) is 6.54 Å². The lowest BCUT2D eigenvalue weighted by Gasteiger charge is -2.17. The zero-order valence-electron chi connectivity index (χ0n) is 9.84. The Bertz CT molecular complexity index is 277. The predicted molar refractivity (Wildman–Crippen MR) is 65.1 cm³/mol. The van der Waals surface area contributed by atoms with E-state index < -0.39 is 6.10 Å². The van der Waals surface area contributed by atoms with Gasteiger partial charge in [0.2, 0.25) is 0 Å². The molecule has 3 nitrogen and oxygen atoms in total. The van der Waals surface area contributed by atoms with Crippen LogP contribution < -0.4 is 0 Å². The zero-order valence-corrected chi connectivity index (χ0v) is 9.84. The summed E-state index contributed by atoms with van der Waals surface area (Å²) in [5.41, 5.74) is 1.30. The quantitative estimate of drug-likeness (QED) is 0.731. The Hall–Kier alpha value is -0.900. The molecule has 0 saturated heterocycles. The summed E-state index contributed by atoms with van der Waals surface area (Å²) in [6.07, 6.45) is 1.01. The molecule has 0 heterocycles. The molecule has 1 atom stereocenters. The number of aliphatic hydroxyl groups excluding tert-OH is 2. The van der Waals surface area contributed by atoms with Crippen molar-refractivity contribution in [3.8, 4) is 0 Å². The SMILES string of the molecule is CN(CCCC(O)CO)Cc1ccccc1. The van der Waals surface area contributed by atoms with Crippen molar-refractivity contribution in [2.45, 2.75) is 25.5 Å². The third-order valence-corrected chi connectivity index (χ3v) is 2.58. The van der Waals surface area contributed by atoms with Crippen LogP contribution >= 0.6 is 0 Å². The van der Waals surface area contributed by atoms with Crippen molar-refractivity contribution in [1.29, 1.82) is 0 Å². The van der Waals surface area contributed by atoms with Crippen molar-refractivity contribution in [3.05, 3.63) is 35.9 Å². The lowest BCUT2D eigenvalue weighted by atomic mass is 10.2. The van der Waals surface area contributed by atoms with E-state index in [1.54, 1.807) is 0 Å². The van der Waals surface area contributed by atoms with Gasteiger partial charge in [0.1, 0.15) is 0 Å². The highest BCUT2D eigenvalue weighted by molar-refractivity contribution is 5.14. The molecule has 0 fully saturated rings. The van der Waals surface area contributed by atoms with E-state index in [9.17, 15) is 5.11 Å². The summed E-state index contributed by atoms with van der Waals surface area (Å²) in [5.74, 6) is 0. The minimum Gasteiger partial charge on any atom is -0.394 e. The number of rotatable bonds is 7. The summed E-state index contributed by atoms with van der Waals surface area (Å²) in [6.45, 7) is 1.73. The summed E-state index contributed by atoms with van der Waals surface area (Å²) < 4.78 is 0. The molecular formula is C13H21NO2. The first-order chi connectivity index (χ1) is 7.72. The molecule has 1 unspecified atom stereocenters. The van der Waals surface area contributed by atoms with Gasteiger partial charge in [-0.25, -0.2) is 0 Å². The standard InChI is InChI=1S/C13H21NO2/c1-14(9-5-8-13(16)11-15)10-12-6-3-2-4-7-12/h2-4,6-7,13,15-16H,5,8-11H2,1H3. The number of nitrogens with zero attached hydrogens (tertiary/aromatic N) is 1. The third-order valence-electron chi connectivity index (χ3n) is 2.58. The number of hydrogen-bond acceptors (Lipinski definition) is 3. The second kappa shape index (κ2) is 7.39. The van der Waals surface area contributed by atoms with E-state index >= 15 is 0 Å². The highest BCUT2D eigenvalue weighted by atomic mass is 16.3. The molecule has 2 N–H and O–H groups in total. The molecule has 0 saturated carbocycles. The van der Waals surface area contributed by atoms with Crippen molar-refractivity contribution >= 4 is 0 Å². The summed E-state index contributed by atoms with van der Waals surface area (Å²) in [7, 11) is 2.07. The summed E-state index contributed by atoms with van der Waals surface area (Å²) in [6, 6.07) is 10.3. The van der Waals surface area contributed by atoms with E-state index in [1.165, 1.54) is 5.56 Å². The van der Waals surface area contributed by atoms with Gasteiger partial charge in [-0.1, -0.05) is 30.3 Å². The molecule has 0 aliphatic rings. The van der Waals surface area contributed by atoms with Gasteiger partial charge in [0.15, 0.2) is 0 Å². The van der Waals surface area contributed by atoms with Crippen LogP contribution in [0.25, 0.3) is 0 Å². The molecule has 1 aromatic rings. The topological polar surface area (TPSA) is 43.7 Å². The van der Waals surface area contributed by atoms with Crippen LogP contribution in [0.4, 0.5) is 0 Å². The van der Waals surface area contributed by atoms with E-state index in [1.807, 2.05) is 18.2 Å². The Morgan fingerprint density at radius 3 is 2.56 bits per heavy atom. The summed E-state index contributed by atoms with van der Waals surface area (Å²) in [5, 5.41) is 17.9. The third kappa shape index (κ3) is 5.26. The van der Waals surface area contributed by atoms with Crippen molar-refractivity contribution in [2.24, 2.45) is 0 Å². The van der Waals surface area contributed by atoms with Gasteiger partial charge < -0.3 is 15.1 Å². The Labute approximate surface area is 97.3 Å². The van der Waals surface area contributed by atoms with Gasteiger partial charge in [-0.3, -0.25) is 0 Å². The van der Waals surface area contributed by atoms with E-state index in [-0.39, 0.29) is 6.61 Å². The van der Waals surface area contributed by atoms with Gasteiger partial charge in [0.05, 0.1) is 12.7 Å². The molecule has 90 valence electrons. The number of aliphatic hydroxyl groups is 2. The van der Waals surface area contributed by atoms with Gasteiger partial charge in [-0.15, -0.1) is 0 Å². The molecule has 16 heavy (non-hydrogen) atoms. The van der Waals surface area contributed by atoms with Crippen LogP contribution in [0.15, 0.2) is 30.3 Å². The highest BCUT2D eigenvalue weighted by Gasteiger charge is 2.03. The second-order valence-electron chi connectivity index (χ2n) is 4.20. The fourth-order valence-corrected chi connectivity index (χ4v) is 1.66. The van der Waals surface area contributed by atoms with Crippen molar-refractivity contribution < 1.29 is 10.2 Å². The molecule has 1 rings (SSSR count). The van der Waals surface area contributed by atoms with Gasteiger partial charge >= 0.3 is 0 Å². The van der Waals surface area contributed by atoms with Gasteiger partial charge in [0.25, 0.3) is 0 Å². The maximum atomic E-state index is 9.19. The molecule has 0 aliphatic heterocycles. The first-order valence-corrected chi connectivity index (χ1v) is 5.73. The summed E-state index contributed by atoms with van der Waals surface area (Å²) in [4.78, 5) is 2.22. The Kier molecular flexibility index (Phi) is 6.08. The lowest BCUT2D eigenvalue weighted by Crippen LogP contribution is -2.21. The Morgan fingerprint density at radius 1 is 1.25 bits per heavy atom. The molecule has 3 heteroatoms. The normalized spacial score (nSPS) is 13.0. The second-order valence-corrected chi connectivity index (χ2v) is 4.20. The minimum absolute atomic E-state index is 0.137. The van der Waals surface area contributed by atoms with Crippen LogP contribution in [0, 0.1) is 0 Å². The maximum absolute atomic E-state index is 9.19. The molecule has 0 bridgehead atoms. The Balaban J connectivity index is 2.19. The average Bonchev–Trinajstić information content (AvgIpc) is 2.30. The van der Waals surface area contributed by atoms with Crippen molar-refractivity contribution in [1.82, 2.24) is 4.90 Å². The highest BCUT2D eigenvalue weighted by Crippen LogP contribution is 2.04.